The van der Waals surface area contributed by atoms with Crippen LogP contribution < -0.4 is 5.32 Å². The molecule has 0 aliphatic carbocycles. The van der Waals surface area contributed by atoms with E-state index in [1.54, 1.807) is 4.90 Å². The van der Waals surface area contributed by atoms with E-state index in [1.165, 1.54) is 12.6 Å². The smallest absolute Gasteiger partial charge is 0.332 e. The standard InChI is InChI=1S/C18H22N4O4/c1-3-12-4-6-13(7-5-12)14-10-19-8-9-21(14)15(23)11-22-17(25)16(24)20(2)18(22)26/h4-7,14,19H,3,8-11H2,1-2H3. The van der Waals surface area contributed by atoms with Crippen LogP contribution in [0.5, 0.6) is 0 Å². The molecule has 1 atom stereocenters. The average Bonchev–Trinajstić information content (AvgIpc) is 2.86. The van der Waals surface area contributed by atoms with Gasteiger partial charge in [0.1, 0.15) is 6.54 Å². The second-order valence-electron chi connectivity index (χ2n) is 6.44. The van der Waals surface area contributed by atoms with Crippen molar-refractivity contribution >= 4 is 23.8 Å². The number of carbonyl (C=O) groups is 4. The van der Waals surface area contributed by atoms with Crippen molar-refractivity contribution in [1.82, 2.24) is 20.0 Å². The molecule has 0 saturated carbocycles. The first-order valence-electron chi connectivity index (χ1n) is 8.66. The van der Waals surface area contributed by atoms with Crippen molar-refractivity contribution in [2.45, 2.75) is 19.4 Å². The number of benzene rings is 1. The lowest BCUT2D eigenvalue weighted by Gasteiger charge is -2.37. The molecular formula is C18H22N4O4. The van der Waals surface area contributed by atoms with Crippen molar-refractivity contribution in [3.8, 4) is 0 Å². The molecule has 138 valence electrons. The maximum Gasteiger partial charge on any atom is 0.334 e. The maximum atomic E-state index is 12.8. The molecule has 0 aromatic heterocycles. The van der Waals surface area contributed by atoms with Crippen LogP contribution in [-0.4, -0.2) is 71.7 Å². The predicted octanol–water partition coefficient (Wildman–Crippen LogP) is 0.143. The molecule has 1 unspecified atom stereocenters. The van der Waals surface area contributed by atoms with Crippen LogP contribution in [0.4, 0.5) is 4.79 Å². The van der Waals surface area contributed by atoms with E-state index >= 15 is 0 Å². The van der Waals surface area contributed by atoms with Gasteiger partial charge in [0.2, 0.25) is 5.91 Å². The van der Waals surface area contributed by atoms with Crippen molar-refractivity contribution in [3.05, 3.63) is 35.4 Å². The molecular weight excluding hydrogens is 336 g/mol. The van der Waals surface area contributed by atoms with Crippen LogP contribution in [0, 0.1) is 0 Å². The highest BCUT2D eigenvalue weighted by Gasteiger charge is 2.44. The number of nitrogens with zero attached hydrogens (tertiary/aromatic N) is 3. The number of urea groups is 1. The molecule has 0 radical (unpaired) electrons. The highest BCUT2D eigenvalue weighted by atomic mass is 16.2. The molecule has 5 amide bonds. The SMILES string of the molecule is CCc1ccc(C2CNCCN2C(=O)CN2C(=O)C(=O)N(C)C2=O)cc1. The van der Waals surface area contributed by atoms with Crippen LogP contribution in [0.25, 0.3) is 0 Å². The molecule has 2 aliphatic heterocycles. The number of nitrogens with one attached hydrogen (secondary N) is 1. The quantitative estimate of drug-likeness (QED) is 0.611. The van der Waals surface area contributed by atoms with Crippen molar-refractivity contribution < 1.29 is 19.2 Å². The monoisotopic (exact) mass is 358 g/mol. The van der Waals surface area contributed by atoms with E-state index in [-0.39, 0.29) is 11.9 Å². The minimum atomic E-state index is -0.954. The molecule has 2 aliphatic rings. The molecule has 1 aromatic carbocycles. The van der Waals surface area contributed by atoms with Gasteiger partial charge in [-0.3, -0.25) is 19.3 Å². The minimum Gasteiger partial charge on any atom is -0.332 e. The summed E-state index contributed by atoms with van der Waals surface area (Å²) in [6.07, 6.45) is 0.937. The van der Waals surface area contributed by atoms with E-state index in [0.29, 0.717) is 24.5 Å². The summed E-state index contributed by atoms with van der Waals surface area (Å²) in [6.45, 7) is 3.36. The lowest BCUT2D eigenvalue weighted by Crippen LogP contribution is -2.52. The Hall–Kier alpha value is -2.74. The Bertz CT molecular complexity index is 746. The third-order valence-electron chi connectivity index (χ3n) is 4.88. The van der Waals surface area contributed by atoms with Gasteiger partial charge >= 0.3 is 17.8 Å². The van der Waals surface area contributed by atoms with Gasteiger partial charge in [0.05, 0.1) is 6.04 Å². The fourth-order valence-electron chi connectivity index (χ4n) is 3.26. The van der Waals surface area contributed by atoms with Crippen LogP contribution in [0.2, 0.25) is 0 Å². The third kappa shape index (κ3) is 3.20. The molecule has 2 saturated heterocycles. The summed E-state index contributed by atoms with van der Waals surface area (Å²) in [5.74, 6) is -2.21. The van der Waals surface area contributed by atoms with Gasteiger partial charge in [0.25, 0.3) is 0 Å². The summed E-state index contributed by atoms with van der Waals surface area (Å²) >= 11 is 0. The van der Waals surface area contributed by atoms with E-state index in [2.05, 4.69) is 12.2 Å². The van der Waals surface area contributed by atoms with Crippen LogP contribution >= 0.6 is 0 Å². The fourth-order valence-corrected chi connectivity index (χ4v) is 3.26. The second kappa shape index (κ2) is 7.25. The molecule has 26 heavy (non-hydrogen) atoms. The summed E-state index contributed by atoms with van der Waals surface area (Å²) in [5, 5.41) is 3.27. The zero-order valence-corrected chi connectivity index (χ0v) is 14.9. The number of aryl methyl sites for hydroxylation is 1. The summed E-state index contributed by atoms with van der Waals surface area (Å²) in [4.78, 5) is 51.4. The largest absolute Gasteiger partial charge is 0.334 e. The number of likely N-dealkylation sites (N-methyl/N-ethyl adjacent to an activating group) is 1. The lowest BCUT2D eigenvalue weighted by molar-refractivity contribution is -0.145. The van der Waals surface area contributed by atoms with Crippen LogP contribution in [0.15, 0.2) is 24.3 Å². The van der Waals surface area contributed by atoms with Crippen molar-refractivity contribution in [2.75, 3.05) is 33.2 Å². The maximum absolute atomic E-state index is 12.8. The summed E-state index contributed by atoms with van der Waals surface area (Å²) in [6, 6.07) is 7.14. The zero-order valence-electron chi connectivity index (χ0n) is 14.9. The Balaban J connectivity index is 1.76. The highest BCUT2D eigenvalue weighted by molar-refractivity contribution is 6.44. The summed E-state index contributed by atoms with van der Waals surface area (Å²) < 4.78 is 0. The Morgan fingerprint density at radius 3 is 2.42 bits per heavy atom. The van der Waals surface area contributed by atoms with E-state index in [0.717, 1.165) is 16.9 Å². The van der Waals surface area contributed by atoms with Crippen molar-refractivity contribution in [1.29, 1.82) is 0 Å². The zero-order chi connectivity index (χ0) is 18.8. The number of hydrogen-bond donors (Lipinski definition) is 1. The van der Waals surface area contributed by atoms with Crippen molar-refractivity contribution in [2.24, 2.45) is 0 Å². The van der Waals surface area contributed by atoms with E-state index in [1.807, 2.05) is 24.3 Å². The normalized spacial score (nSPS) is 20.9. The number of imide groups is 2. The lowest BCUT2D eigenvalue weighted by atomic mass is 10.0. The predicted molar refractivity (Wildman–Crippen MR) is 93.0 cm³/mol. The van der Waals surface area contributed by atoms with Crippen LogP contribution in [0.3, 0.4) is 0 Å². The van der Waals surface area contributed by atoms with Gasteiger partial charge in [-0.2, -0.15) is 0 Å². The third-order valence-corrected chi connectivity index (χ3v) is 4.88. The van der Waals surface area contributed by atoms with Gasteiger partial charge in [-0.05, 0) is 17.5 Å². The average molecular weight is 358 g/mol. The Morgan fingerprint density at radius 1 is 1.15 bits per heavy atom. The van der Waals surface area contributed by atoms with E-state index in [9.17, 15) is 19.2 Å². The van der Waals surface area contributed by atoms with E-state index in [4.69, 9.17) is 0 Å². The van der Waals surface area contributed by atoms with Crippen molar-refractivity contribution in [3.63, 3.8) is 0 Å². The van der Waals surface area contributed by atoms with E-state index < -0.39 is 24.4 Å². The molecule has 2 heterocycles. The molecule has 1 aromatic rings. The first-order chi connectivity index (χ1) is 12.4. The molecule has 8 heteroatoms. The summed E-state index contributed by atoms with van der Waals surface area (Å²) in [5.41, 5.74) is 2.21. The topological polar surface area (TPSA) is 90.0 Å². The number of hydrogen-bond acceptors (Lipinski definition) is 5. The van der Waals surface area contributed by atoms with Gasteiger partial charge in [0.15, 0.2) is 0 Å². The van der Waals surface area contributed by atoms with Gasteiger partial charge in [-0.15, -0.1) is 0 Å². The molecule has 1 N–H and O–H groups in total. The highest BCUT2D eigenvalue weighted by Crippen LogP contribution is 2.23. The first kappa shape index (κ1) is 18.1. The number of piperazine rings is 1. The molecule has 0 bridgehead atoms. The Labute approximate surface area is 151 Å². The Kier molecular flexibility index (Phi) is 5.03. The van der Waals surface area contributed by atoms with Crippen LogP contribution in [0.1, 0.15) is 24.1 Å². The van der Waals surface area contributed by atoms with Gasteiger partial charge in [-0.25, -0.2) is 9.69 Å². The fraction of sp³-hybridized carbons (Fsp3) is 0.444. The van der Waals surface area contributed by atoms with Crippen LogP contribution in [-0.2, 0) is 20.8 Å². The number of carbonyl (C=O) groups excluding carboxylic acids is 4. The second-order valence-corrected chi connectivity index (χ2v) is 6.44. The molecule has 3 rings (SSSR count). The first-order valence-corrected chi connectivity index (χ1v) is 8.66. The Morgan fingerprint density at radius 2 is 1.85 bits per heavy atom. The molecule has 2 fully saturated rings. The number of rotatable bonds is 4. The van der Waals surface area contributed by atoms with Gasteiger partial charge in [0, 0.05) is 26.7 Å². The van der Waals surface area contributed by atoms with Gasteiger partial charge < -0.3 is 10.2 Å². The summed E-state index contributed by atoms with van der Waals surface area (Å²) in [7, 11) is 1.23. The molecule has 0 spiro atoms. The number of amides is 5. The minimum absolute atomic E-state index is 0.177. The molecule has 8 nitrogen and oxygen atoms in total. The van der Waals surface area contributed by atoms with Gasteiger partial charge in [-0.1, -0.05) is 31.2 Å².